The smallest absolute Gasteiger partial charge is 0.318 e. The standard InChI is InChI=1S/C24H33N7O4/c1-26-24(34)27-18-4-2-17(3-5-18)22-28-20(19(25)16-6-8-30(9-7-16)10-13-32)21(33)23(29-22)31-11-14-35-15-12-31/h2-5,16,25,32-33H,6-15H2,1H3,(H2,26,27,34). The van der Waals surface area contributed by atoms with E-state index in [2.05, 4.69) is 25.5 Å². The van der Waals surface area contributed by atoms with E-state index in [-0.39, 0.29) is 30.0 Å². The number of β-amino-alcohol motifs (C(OH)–C–C–N with tert-alkyl or cyclic N) is 1. The second kappa shape index (κ2) is 11.4. The Morgan fingerprint density at radius 3 is 2.46 bits per heavy atom. The van der Waals surface area contributed by atoms with E-state index in [0.29, 0.717) is 61.5 Å². The molecule has 3 heterocycles. The third kappa shape index (κ3) is 5.87. The van der Waals surface area contributed by atoms with Crippen LogP contribution in [0.2, 0.25) is 0 Å². The summed E-state index contributed by atoms with van der Waals surface area (Å²) in [6, 6.07) is 6.83. The Morgan fingerprint density at radius 1 is 1.14 bits per heavy atom. The van der Waals surface area contributed by atoms with Gasteiger partial charge in [0.05, 0.1) is 25.5 Å². The van der Waals surface area contributed by atoms with Crippen LogP contribution in [-0.2, 0) is 4.74 Å². The zero-order valence-corrected chi connectivity index (χ0v) is 20.0. The number of urea groups is 1. The van der Waals surface area contributed by atoms with Gasteiger partial charge >= 0.3 is 6.03 Å². The van der Waals surface area contributed by atoms with E-state index in [1.165, 1.54) is 0 Å². The molecule has 4 rings (SSSR count). The van der Waals surface area contributed by atoms with E-state index in [0.717, 1.165) is 25.9 Å². The molecule has 2 aromatic rings. The number of nitrogens with zero attached hydrogens (tertiary/aromatic N) is 4. The van der Waals surface area contributed by atoms with Gasteiger partial charge in [-0.3, -0.25) is 0 Å². The molecule has 0 saturated carbocycles. The third-order valence-corrected chi connectivity index (χ3v) is 6.47. The van der Waals surface area contributed by atoms with Gasteiger partial charge in [0.15, 0.2) is 17.4 Å². The maximum absolute atomic E-state index is 11.6. The molecule has 35 heavy (non-hydrogen) atoms. The molecule has 5 N–H and O–H groups in total. The molecular weight excluding hydrogens is 450 g/mol. The molecule has 2 amide bonds. The van der Waals surface area contributed by atoms with Crippen LogP contribution >= 0.6 is 0 Å². The topological polar surface area (TPSA) is 147 Å². The van der Waals surface area contributed by atoms with Crippen molar-refractivity contribution in [3.63, 3.8) is 0 Å². The molecule has 2 aliphatic rings. The number of carbonyl (C=O) groups is 1. The molecule has 11 heteroatoms. The summed E-state index contributed by atoms with van der Waals surface area (Å²) >= 11 is 0. The first-order valence-corrected chi connectivity index (χ1v) is 11.9. The number of nitrogens with one attached hydrogen (secondary N) is 3. The highest BCUT2D eigenvalue weighted by atomic mass is 16.5. The van der Waals surface area contributed by atoms with Crippen LogP contribution in [0.15, 0.2) is 24.3 Å². The van der Waals surface area contributed by atoms with Crippen molar-refractivity contribution >= 4 is 23.2 Å². The highest BCUT2D eigenvalue weighted by molar-refractivity contribution is 6.02. The van der Waals surface area contributed by atoms with Gasteiger partial charge in [-0.05, 0) is 50.2 Å². The van der Waals surface area contributed by atoms with Gasteiger partial charge in [-0.1, -0.05) is 0 Å². The fourth-order valence-electron chi connectivity index (χ4n) is 4.43. The number of piperidine rings is 1. The number of carbonyl (C=O) groups excluding carboxylic acids is 1. The predicted octanol–water partition coefficient (Wildman–Crippen LogP) is 1.51. The maximum Gasteiger partial charge on any atom is 0.318 e. The summed E-state index contributed by atoms with van der Waals surface area (Å²) in [7, 11) is 1.55. The second-order valence-corrected chi connectivity index (χ2v) is 8.70. The zero-order chi connectivity index (χ0) is 24.8. The Kier molecular flexibility index (Phi) is 8.11. The molecule has 1 aromatic heterocycles. The number of ether oxygens (including phenoxy) is 1. The minimum atomic E-state index is -0.311. The van der Waals surface area contributed by atoms with Crippen molar-refractivity contribution in [1.29, 1.82) is 5.41 Å². The third-order valence-electron chi connectivity index (χ3n) is 6.47. The van der Waals surface area contributed by atoms with Gasteiger partial charge in [0.2, 0.25) is 0 Å². The quantitative estimate of drug-likeness (QED) is 0.373. The lowest BCUT2D eigenvalue weighted by Gasteiger charge is -2.32. The van der Waals surface area contributed by atoms with Crippen LogP contribution in [0.4, 0.5) is 16.3 Å². The number of likely N-dealkylation sites (tertiary alicyclic amines) is 1. The highest BCUT2D eigenvalue weighted by Crippen LogP contribution is 2.34. The second-order valence-electron chi connectivity index (χ2n) is 8.70. The van der Waals surface area contributed by atoms with Crippen molar-refractivity contribution in [3.8, 4) is 17.1 Å². The lowest BCUT2D eigenvalue weighted by atomic mass is 9.89. The Balaban J connectivity index is 1.65. The summed E-state index contributed by atoms with van der Waals surface area (Å²) in [4.78, 5) is 25.1. The number of aliphatic hydroxyl groups excluding tert-OH is 1. The van der Waals surface area contributed by atoms with Crippen molar-refractivity contribution in [1.82, 2.24) is 20.2 Å². The Labute approximate surface area is 204 Å². The first kappa shape index (κ1) is 24.8. The van der Waals surface area contributed by atoms with Crippen molar-refractivity contribution in [2.45, 2.75) is 12.8 Å². The summed E-state index contributed by atoms with van der Waals surface area (Å²) in [5, 5.41) is 34.5. The van der Waals surface area contributed by atoms with Crippen LogP contribution < -0.4 is 15.5 Å². The summed E-state index contributed by atoms with van der Waals surface area (Å²) < 4.78 is 5.46. The summed E-state index contributed by atoms with van der Waals surface area (Å²) in [6.45, 7) is 4.60. The molecule has 1 aromatic carbocycles. The van der Waals surface area contributed by atoms with Crippen molar-refractivity contribution < 1.29 is 19.7 Å². The number of aromatic hydroxyl groups is 1. The molecule has 0 spiro atoms. The first-order chi connectivity index (χ1) is 17.0. The van der Waals surface area contributed by atoms with Crippen LogP contribution in [0.5, 0.6) is 5.75 Å². The van der Waals surface area contributed by atoms with Gasteiger partial charge in [-0.15, -0.1) is 0 Å². The molecule has 0 unspecified atom stereocenters. The van der Waals surface area contributed by atoms with E-state index in [4.69, 9.17) is 10.1 Å². The van der Waals surface area contributed by atoms with Crippen LogP contribution in [-0.4, -0.2) is 96.4 Å². The molecular formula is C24H33N7O4. The number of hydrogen-bond donors (Lipinski definition) is 5. The Bertz CT molecular complexity index is 1030. The lowest BCUT2D eigenvalue weighted by Crippen LogP contribution is -2.38. The van der Waals surface area contributed by atoms with E-state index in [1.54, 1.807) is 19.2 Å². The molecule has 0 atom stereocenters. The van der Waals surface area contributed by atoms with Gasteiger partial charge in [-0.25, -0.2) is 14.8 Å². The normalized spacial score (nSPS) is 17.3. The van der Waals surface area contributed by atoms with Crippen molar-refractivity contribution in [3.05, 3.63) is 30.0 Å². The van der Waals surface area contributed by atoms with Crippen molar-refractivity contribution in [2.24, 2.45) is 5.92 Å². The summed E-state index contributed by atoms with van der Waals surface area (Å²) in [5.41, 5.74) is 1.91. The number of amides is 2. The van der Waals surface area contributed by atoms with Crippen LogP contribution in [0, 0.1) is 11.3 Å². The minimum absolute atomic E-state index is 0.0322. The monoisotopic (exact) mass is 483 g/mol. The average Bonchev–Trinajstić information content (AvgIpc) is 2.90. The molecule has 11 nitrogen and oxygen atoms in total. The number of aliphatic hydroxyl groups is 1. The molecule has 2 saturated heterocycles. The van der Waals surface area contributed by atoms with Gasteiger partial charge in [0.1, 0.15) is 5.69 Å². The largest absolute Gasteiger partial charge is 0.503 e. The Morgan fingerprint density at radius 2 is 1.83 bits per heavy atom. The first-order valence-electron chi connectivity index (χ1n) is 11.9. The van der Waals surface area contributed by atoms with Gasteiger partial charge in [-0.2, -0.15) is 0 Å². The van der Waals surface area contributed by atoms with Crippen LogP contribution in [0.25, 0.3) is 11.4 Å². The SMILES string of the molecule is CNC(=O)Nc1ccc(-c2nc(C(=N)C3CCN(CCO)CC3)c(O)c(N3CCOCC3)n2)cc1. The number of rotatable bonds is 7. The number of hydrogen-bond acceptors (Lipinski definition) is 9. The number of morpholine rings is 1. The number of anilines is 2. The molecule has 2 fully saturated rings. The van der Waals surface area contributed by atoms with E-state index >= 15 is 0 Å². The highest BCUT2D eigenvalue weighted by Gasteiger charge is 2.29. The summed E-state index contributed by atoms with van der Waals surface area (Å²) in [5.74, 6) is 0.711. The van der Waals surface area contributed by atoms with Gasteiger partial charge in [0.25, 0.3) is 0 Å². The zero-order valence-electron chi connectivity index (χ0n) is 20.0. The average molecular weight is 484 g/mol. The van der Waals surface area contributed by atoms with Crippen LogP contribution in [0.1, 0.15) is 18.5 Å². The Hall–Kier alpha value is -3.28. The number of benzene rings is 1. The maximum atomic E-state index is 11.6. The predicted molar refractivity (Wildman–Crippen MR) is 133 cm³/mol. The molecule has 0 aliphatic carbocycles. The summed E-state index contributed by atoms with van der Waals surface area (Å²) in [6.07, 6.45) is 1.54. The van der Waals surface area contributed by atoms with Gasteiger partial charge < -0.3 is 40.8 Å². The van der Waals surface area contributed by atoms with Crippen LogP contribution in [0.3, 0.4) is 0 Å². The van der Waals surface area contributed by atoms with E-state index in [9.17, 15) is 15.0 Å². The van der Waals surface area contributed by atoms with E-state index in [1.807, 2.05) is 17.0 Å². The fourth-order valence-corrected chi connectivity index (χ4v) is 4.43. The minimum Gasteiger partial charge on any atom is -0.503 e. The molecule has 188 valence electrons. The van der Waals surface area contributed by atoms with Crippen molar-refractivity contribution in [2.75, 3.05) is 69.8 Å². The fraction of sp³-hybridized carbons (Fsp3) is 0.500. The van der Waals surface area contributed by atoms with Gasteiger partial charge in [0, 0.05) is 43.9 Å². The molecule has 0 radical (unpaired) electrons. The molecule has 2 aliphatic heterocycles. The van der Waals surface area contributed by atoms with E-state index < -0.39 is 0 Å². The molecule has 0 bridgehead atoms. The number of aromatic nitrogens is 2. The lowest BCUT2D eigenvalue weighted by molar-refractivity contribution is 0.122.